The minimum atomic E-state index is -0.719. The van der Waals surface area contributed by atoms with E-state index in [1.54, 1.807) is 0 Å². The number of rotatable bonds is 6. The fraction of sp³-hybridized carbons (Fsp3) is 0.500. The second-order valence-electron chi connectivity index (χ2n) is 4.07. The van der Waals surface area contributed by atoms with Crippen LogP contribution in [0.1, 0.15) is 13.8 Å². The monoisotopic (exact) mass is 245 g/mol. The van der Waals surface area contributed by atoms with E-state index in [9.17, 15) is 13.9 Å². The summed E-state index contributed by atoms with van der Waals surface area (Å²) in [7, 11) is 0. The molecule has 0 saturated heterocycles. The minimum Gasteiger partial charge on any atom is -0.389 e. The molecule has 2 N–H and O–H groups in total. The summed E-state index contributed by atoms with van der Waals surface area (Å²) in [5.74, 6) is -1.30. The number of hydrogen-bond acceptors (Lipinski definition) is 3. The van der Waals surface area contributed by atoms with Gasteiger partial charge in [-0.2, -0.15) is 0 Å². The summed E-state index contributed by atoms with van der Waals surface area (Å²) >= 11 is 0. The van der Waals surface area contributed by atoms with Gasteiger partial charge >= 0.3 is 0 Å². The van der Waals surface area contributed by atoms with E-state index in [2.05, 4.69) is 5.32 Å². The van der Waals surface area contributed by atoms with Gasteiger partial charge in [0.1, 0.15) is 11.6 Å². The molecule has 0 aromatic heterocycles. The Morgan fingerprint density at radius 3 is 2.35 bits per heavy atom. The van der Waals surface area contributed by atoms with E-state index in [0.29, 0.717) is 5.69 Å². The Labute approximate surface area is 99.4 Å². The Kier molecular flexibility index (Phi) is 5.31. The third-order valence-corrected chi connectivity index (χ3v) is 2.03. The lowest BCUT2D eigenvalue weighted by Crippen LogP contribution is -2.26. The van der Waals surface area contributed by atoms with Gasteiger partial charge in [-0.3, -0.25) is 0 Å². The predicted molar refractivity (Wildman–Crippen MR) is 61.9 cm³/mol. The highest BCUT2D eigenvalue weighted by Crippen LogP contribution is 2.12. The number of aliphatic hydroxyl groups excluding tert-OH is 1. The van der Waals surface area contributed by atoms with Crippen LogP contribution >= 0.6 is 0 Å². The summed E-state index contributed by atoms with van der Waals surface area (Å²) in [6.45, 7) is 4.09. The first-order chi connectivity index (χ1) is 7.97. The van der Waals surface area contributed by atoms with Crippen LogP contribution in [0, 0.1) is 11.6 Å². The van der Waals surface area contributed by atoms with Gasteiger partial charge < -0.3 is 15.2 Å². The maximum absolute atomic E-state index is 12.8. The highest BCUT2D eigenvalue weighted by atomic mass is 19.1. The van der Waals surface area contributed by atoms with Crippen molar-refractivity contribution < 1.29 is 18.6 Å². The van der Waals surface area contributed by atoms with Crippen molar-refractivity contribution in [3.8, 4) is 0 Å². The van der Waals surface area contributed by atoms with Gasteiger partial charge in [-0.15, -0.1) is 0 Å². The molecule has 0 aliphatic carbocycles. The van der Waals surface area contributed by atoms with Crippen LogP contribution in [0.15, 0.2) is 18.2 Å². The molecule has 0 aliphatic heterocycles. The van der Waals surface area contributed by atoms with Crippen LogP contribution < -0.4 is 5.32 Å². The molecule has 0 fully saturated rings. The van der Waals surface area contributed by atoms with Gasteiger partial charge in [0.15, 0.2) is 0 Å². The lowest BCUT2D eigenvalue weighted by molar-refractivity contribution is 0.0112. The summed E-state index contributed by atoms with van der Waals surface area (Å²) < 4.78 is 30.9. The SMILES string of the molecule is CC(C)OCC(O)CNc1cc(F)cc(F)c1. The molecule has 0 spiro atoms. The smallest absolute Gasteiger partial charge is 0.128 e. The number of aliphatic hydroxyl groups is 1. The molecule has 0 heterocycles. The molecule has 96 valence electrons. The van der Waals surface area contributed by atoms with Crippen LogP contribution in [0.25, 0.3) is 0 Å². The molecule has 0 radical (unpaired) electrons. The molecule has 1 aromatic carbocycles. The maximum atomic E-state index is 12.8. The van der Waals surface area contributed by atoms with Crippen LogP contribution in [0.4, 0.5) is 14.5 Å². The van der Waals surface area contributed by atoms with E-state index in [1.165, 1.54) is 12.1 Å². The summed E-state index contributed by atoms with van der Waals surface area (Å²) in [6, 6.07) is 3.13. The van der Waals surface area contributed by atoms with Crippen LogP contribution in [-0.4, -0.2) is 30.5 Å². The van der Waals surface area contributed by atoms with Crippen LogP contribution in [0.5, 0.6) is 0 Å². The van der Waals surface area contributed by atoms with Gasteiger partial charge in [0.25, 0.3) is 0 Å². The van der Waals surface area contributed by atoms with E-state index >= 15 is 0 Å². The van der Waals surface area contributed by atoms with E-state index in [-0.39, 0.29) is 19.3 Å². The van der Waals surface area contributed by atoms with Crippen molar-refractivity contribution >= 4 is 5.69 Å². The third-order valence-electron chi connectivity index (χ3n) is 2.03. The first kappa shape index (κ1) is 13.9. The van der Waals surface area contributed by atoms with E-state index in [4.69, 9.17) is 4.74 Å². The van der Waals surface area contributed by atoms with E-state index < -0.39 is 17.7 Å². The molecular weight excluding hydrogens is 228 g/mol. The van der Waals surface area contributed by atoms with Gasteiger partial charge in [-0.1, -0.05) is 0 Å². The largest absolute Gasteiger partial charge is 0.389 e. The Morgan fingerprint density at radius 2 is 1.82 bits per heavy atom. The predicted octanol–water partition coefficient (Wildman–Crippen LogP) is 2.16. The summed E-state index contributed by atoms with van der Waals surface area (Å²) in [4.78, 5) is 0. The molecule has 1 aromatic rings. The van der Waals surface area contributed by atoms with Gasteiger partial charge in [-0.25, -0.2) is 8.78 Å². The Hall–Kier alpha value is -1.20. The fourth-order valence-electron chi connectivity index (χ4n) is 1.25. The quantitative estimate of drug-likeness (QED) is 0.807. The molecule has 1 rings (SSSR count). The lowest BCUT2D eigenvalue weighted by Gasteiger charge is -2.15. The van der Waals surface area contributed by atoms with Crippen LogP contribution in [0.2, 0.25) is 0 Å². The number of benzene rings is 1. The Morgan fingerprint density at radius 1 is 1.24 bits per heavy atom. The highest BCUT2D eigenvalue weighted by molar-refractivity contribution is 5.43. The summed E-state index contributed by atoms with van der Waals surface area (Å²) in [5, 5.41) is 12.3. The van der Waals surface area contributed by atoms with Gasteiger partial charge in [0, 0.05) is 18.3 Å². The van der Waals surface area contributed by atoms with Gasteiger partial charge in [0.2, 0.25) is 0 Å². The lowest BCUT2D eigenvalue weighted by atomic mass is 10.3. The van der Waals surface area contributed by atoms with E-state index in [0.717, 1.165) is 6.07 Å². The number of nitrogens with one attached hydrogen (secondary N) is 1. The Balaban J connectivity index is 2.39. The van der Waals surface area contributed by atoms with Crippen molar-refractivity contribution in [3.63, 3.8) is 0 Å². The standard InChI is InChI=1S/C12H17F2NO2/c1-8(2)17-7-12(16)6-15-11-4-9(13)3-10(14)5-11/h3-5,8,12,15-16H,6-7H2,1-2H3. The zero-order chi connectivity index (χ0) is 12.8. The zero-order valence-corrected chi connectivity index (χ0v) is 9.91. The molecule has 0 aliphatic rings. The Bertz CT molecular complexity index is 338. The molecule has 17 heavy (non-hydrogen) atoms. The average Bonchev–Trinajstić information content (AvgIpc) is 2.22. The summed E-state index contributed by atoms with van der Waals surface area (Å²) in [5.41, 5.74) is 0.297. The van der Waals surface area contributed by atoms with Crippen LogP contribution in [-0.2, 0) is 4.74 Å². The maximum Gasteiger partial charge on any atom is 0.128 e. The number of hydrogen-bond donors (Lipinski definition) is 2. The molecule has 0 saturated carbocycles. The molecule has 3 nitrogen and oxygen atoms in total. The molecule has 1 unspecified atom stereocenters. The molecule has 0 bridgehead atoms. The molecular formula is C12H17F2NO2. The second kappa shape index (κ2) is 6.51. The van der Waals surface area contributed by atoms with Gasteiger partial charge in [0.05, 0.1) is 18.8 Å². The van der Waals surface area contributed by atoms with Crippen molar-refractivity contribution in [3.05, 3.63) is 29.8 Å². The number of halogens is 2. The third kappa shape index (κ3) is 5.60. The molecule has 5 heteroatoms. The molecule has 0 amide bonds. The fourth-order valence-corrected chi connectivity index (χ4v) is 1.25. The second-order valence-corrected chi connectivity index (χ2v) is 4.07. The normalized spacial score (nSPS) is 12.8. The zero-order valence-electron chi connectivity index (χ0n) is 9.91. The topological polar surface area (TPSA) is 41.5 Å². The average molecular weight is 245 g/mol. The highest BCUT2D eigenvalue weighted by Gasteiger charge is 2.06. The van der Waals surface area contributed by atoms with Crippen molar-refractivity contribution in [2.24, 2.45) is 0 Å². The van der Waals surface area contributed by atoms with Crippen molar-refractivity contribution in [1.82, 2.24) is 0 Å². The minimum absolute atomic E-state index is 0.0382. The van der Waals surface area contributed by atoms with Gasteiger partial charge in [-0.05, 0) is 26.0 Å². The number of anilines is 1. The van der Waals surface area contributed by atoms with Crippen molar-refractivity contribution in [2.75, 3.05) is 18.5 Å². The summed E-state index contributed by atoms with van der Waals surface area (Å²) in [6.07, 6.45) is -0.681. The molecule has 1 atom stereocenters. The van der Waals surface area contributed by atoms with Crippen molar-refractivity contribution in [2.45, 2.75) is 26.1 Å². The van der Waals surface area contributed by atoms with Crippen molar-refractivity contribution in [1.29, 1.82) is 0 Å². The number of ether oxygens (including phenoxy) is 1. The first-order valence-electron chi connectivity index (χ1n) is 5.47. The van der Waals surface area contributed by atoms with E-state index in [1.807, 2.05) is 13.8 Å². The first-order valence-corrected chi connectivity index (χ1v) is 5.47. The van der Waals surface area contributed by atoms with Crippen LogP contribution in [0.3, 0.4) is 0 Å².